The molecule has 0 bridgehead atoms. The van der Waals surface area contributed by atoms with Gasteiger partial charge in [0.2, 0.25) is 5.91 Å². The van der Waals surface area contributed by atoms with Crippen molar-refractivity contribution >= 4 is 33.3 Å². The van der Waals surface area contributed by atoms with Gasteiger partial charge in [-0.05, 0) is 44.0 Å². The van der Waals surface area contributed by atoms with E-state index in [0.29, 0.717) is 22.0 Å². The number of nitrogens with one attached hydrogen (secondary N) is 2. The zero-order valence-electron chi connectivity index (χ0n) is 14.7. The Balaban J connectivity index is 1.37. The number of anilines is 1. The molecule has 1 aromatic carbocycles. The van der Waals surface area contributed by atoms with Crippen molar-refractivity contribution in [1.29, 1.82) is 0 Å². The van der Waals surface area contributed by atoms with E-state index in [2.05, 4.69) is 25.9 Å². The quantitative estimate of drug-likeness (QED) is 0.695. The standard InChI is InChI=1S/C18H20N6O2S/c25-16(21-18-20-11-15(27-18)12-5-8-19-9-6-12)7-10-24-17(26)13-3-1-2-4-14(13)22-23-24/h1-4,11-12,19H,5-10H2,(H,20,21,25). The summed E-state index contributed by atoms with van der Waals surface area (Å²) in [4.78, 5) is 30.1. The van der Waals surface area contributed by atoms with Crippen LogP contribution >= 0.6 is 11.3 Å². The summed E-state index contributed by atoms with van der Waals surface area (Å²) in [7, 11) is 0. The molecule has 2 N–H and O–H groups in total. The summed E-state index contributed by atoms with van der Waals surface area (Å²) in [6.45, 7) is 2.21. The van der Waals surface area contributed by atoms with Crippen LogP contribution in [0, 0.1) is 0 Å². The van der Waals surface area contributed by atoms with Crippen molar-refractivity contribution in [3.8, 4) is 0 Å². The molecule has 0 unspecified atom stereocenters. The lowest BCUT2D eigenvalue weighted by atomic mass is 9.97. The van der Waals surface area contributed by atoms with Crippen molar-refractivity contribution in [3.05, 3.63) is 45.7 Å². The van der Waals surface area contributed by atoms with Crippen molar-refractivity contribution in [2.24, 2.45) is 0 Å². The van der Waals surface area contributed by atoms with E-state index >= 15 is 0 Å². The molecule has 8 nitrogen and oxygen atoms in total. The van der Waals surface area contributed by atoms with Crippen molar-refractivity contribution < 1.29 is 4.79 Å². The van der Waals surface area contributed by atoms with Crippen molar-refractivity contribution in [2.75, 3.05) is 18.4 Å². The largest absolute Gasteiger partial charge is 0.317 e. The highest BCUT2D eigenvalue weighted by Gasteiger charge is 2.18. The SMILES string of the molecule is O=C(CCn1nnc2ccccc2c1=O)Nc1ncc(C2CCNCC2)s1. The van der Waals surface area contributed by atoms with Crippen LogP contribution in [0.3, 0.4) is 0 Å². The monoisotopic (exact) mass is 384 g/mol. The van der Waals surface area contributed by atoms with Gasteiger partial charge in [-0.25, -0.2) is 9.67 Å². The number of aromatic nitrogens is 4. The second-order valence-electron chi connectivity index (χ2n) is 6.53. The highest BCUT2D eigenvalue weighted by molar-refractivity contribution is 7.15. The molecule has 1 saturated heterocycles. The van der Waals surface area contributed by atoms with Crippen LogP contribution in [-0.4, -0.2) is 39.0 Å². The Morgan fingerprint density at radius 3 is 2.96 bits per heavy atom. The molecule has 2 aromatic heterocycles. The van der Waals surface area contributed by atoms with E-state index in [-0.39, 0.29) is 24.4 Å². The number of nitrogens with zero attached hydrogens (tertiary/aromatic N) is 4. The van der Waals surface area contributed by atoms with Crippen molar-refractivity contribution in [3.63, 3.8) is 0 Å². The van der Waals surface area contributed by atoms with E-state index in [1.807, 2.05) is 6.20 Å². The van der Waals surface area contributed by atoms with Gasteiger partial charge in [-0.2, -0.15) is 0 Å². The zero-order valence-corrected chi connectivity index (χ0v) is 15.5. The van der Waals surface area contributed by atoms with Crippen LogP contribution in [-0.2, 0) is 11.3 Å². The third-order valence-corrected chi connectivity index (χ3v) is 5.77. The molecule has 0 atom stereocenters. The maximum atomic E-state index is 12.4. The average molecular weight is 384 g/mol. The number of piperidine rings is 1. The van der Waals surface area contributed by atoms with E-state index in [1.165, 1.54) is 20.9 Å². The fourth-order valence-electron chi connectivity index (χ4n) is 3.20. The summed E-state index contributed by atoms with van der Waals surface area (Å²) in [5.74, 6) is 0.323. The van der Waals surface area contributed by atoms with Gasteiger partial charge in [0.05, 0.1) is 11.9 Å². The fraction of sp³-hybridized carbons (Fsp3) is 0.389. The first-order chi connectivity index (χ1) is 13.2. The summed E-state index contributed by atoms with van der Waals surface area (Å²) in [6.07, 6.45) is 4.18. The van der Waals surface area contributed by atoms with Crippen LogP contribution in [0.4, 0.5) is 5.13 Å². The number of fused-ring (bicyclic) bond motifs is 1. The van der Waals surface area contributed by atoms with Crippen LogP contribution in [0.2, 0.25) is 0 Å². The predicted molar refractivity (Wildman–Crippen MR) is 104 cm³/mol. The smallest absolute Gasteiger partial charge is 0.277 e. The lowest BCUT2D eigenvalue weighted by Crippen LogP contribution is -2.26. The molecule has 1 aliphatic rings. The lowest BCUT2D eigenvalue weighted by Gasteiger charge is -2.20. The third-order valence-electron chi connectivity index (χ3n) is 4.69. The summed E-state index contributed by atoms with van der Waals surface area (Å²) < 4.78 is 1.23. The van der Waals surface area contributed by atoms with Crippen LogP contribution in [0.15, 0.2) is 35.3 Å². The number of rotatable bonds is 5. The predicted octanol–water partition coefficient (Wildman–Crippen LogP) is 1.74. The Morgan fingerprint density at radius 2 is 2.11 bits per heavy atom. The number of hydrogen-bond acceptors (Lipinski definition) is 7. The van der Waals surface area contributed by atoms with Gasteiger partial charge < -0.3 is 10.6 Å². The number of aryl methyl sites for hydroxylation is 1. The molecule has 0 radical (unpaired) electrons. The third kappa shape index (κ3) is 4.04. The highest BCUT2D eigenvalue weighted by Crippen LogP contribution is 2.31. The van der Waals surface area contributed by atoms with E-state index < -0.39 is 0 Å². The molecule has 27 heavy (non-hydrogen) atoms. The molecular formula is C18H20N6O2S. The van der Waals surface area contributed by atoms with Gasteiger partial charge in [0.1, 0.15) is 5.52 Å². The maximum Gasteiger partial charge on any atom is 0.277 e. The molecule has 1 amide bonds. The van der Waals surface area contributed by atoms with E-state index in [1.54, 1.807) is 24.3 Å². The van der Waals surface area contributed by atoms with Crippen LogP contribution in [0.5, 0.6) is 0 Å². The van der Waals surface area contributed by atoms with Gasteiger partial charge in [-0.15, -0.1) is 16.4 Å². The maximum absolute atomic E-state index is 12.4. The Kier molecular flexibility index (Phi) is 5.21. The van der Waals surface area contributed by atoms with Gasteiger partial charge in [0, 0.05) is 17.5 Å². The average Bonchev–Trinajstić information content (AvgIpc) is 3.17. The van der Waals surface area contributed by atoms with Gasteiger partial charge >= 0.3 is 0 Å². The van der Waals surface area contributed by atoms with Gasteiger partial charge in [-0.1, -0.05) is 17.3 Å². The molecular weight excluding hydrogens is 364 g/mol. The van der Waals surface area contributed by atoms with Gasteiger partial charge in [0.25, 0.3) is 5.56 Å². The molecule has 4 rings (SSSR count). The fourth-order valence-corrected chi connectivity index (χ4v) is 4.20. The topological polar surface area (TPSA) is 102 Å². The molecule has 1 aliphatic heterocycles. The summed E-state index contributed by atoms with van der Waals surface area (Å²) >= 11 is 1.53. The molecule has 140 valence electrons. The normalized spacial score (nSPS) is 15.1. The number of carbonyl (C=O) groups is 1. The molecule has 0 spiro atoms. The highest BCUT2D eigenvalue weighted by atomic mass is 32.1. The Morgan fingerprint density at radius 1 is 1.30 bits per heavy atom. The second kappa shape index (κ2) is 7.93. The van der Waals surface area contributed by atoms with Crippen LogP contribution in [0.1, 0.15) is 30.1 Å². The number of hydrogen-bond donors (Lipinski definition) is 2. The summed E-state index contributed by atoms with van der Waals surface area (Å²) in [5, 5.41) is 15.2. The number of benzene rings is 1. The molecule has 3 heterocycles. The molecule has 1 fully saturated rings. The first kappa shape index (κ1) is 17.7. The number of thiazole rings is 1. The first-order valence-corrected chi connectivity index (χ1v) is 9.81. The van der Waals surface area contributed by atoms with E-state index in [9.17, 15) is 9.59 Å². The Hall–Kier alpha value is -2.65. The molecule has 9 heteroatoms. The van der Waals surface area contributed by atoms with Gasteiger partial charge in [-0.3, -0.25) is 9.59 Å². The van der Waals surface area contributed by atoms with Crippen molar-refractivity contribution in [1.82, 2.24) is 25.3 Å². The van der Waals surface area contributed by atoms with E-state index in [4.69, 9.17) is 0 Å². The van der Waals surface area contributed by atoms with E-state index in [0.717, 1.165) is 25.9 Å². The van der Waals surface area contributed by atoms with Crippen molar-refractivity contribution in [2.45, 2.75) is 31.7 Å². The number of carbonyl (C=O) groups excluding carboxylic acids is 1. The van der Waals surface area contributed by atoms with Gasteiger partial charge in [0.15, 0.2) is 5.13 Å². The lowest BCUT2D eigenvalue weighted by molar-refractivity contribution is -0.116. The molecule has 0 aliphatic carbocycles. The minimum absolute atomic E-state index is 0.134. The summed E-state index contributed by atoms with van der Waals surface area (Å²) in [5.41, 5.74) is 0.312. The summed E-state index contributed by atoms with van der Waals surface area (Å²) in [6, 6.07) is 7.04. The first-order valence-electron chi connectivity index (χ1n) is 8.99. The Labute approximate surface area is 159 Å². The minimum atomic E-state index is -0.240. The second-order valence-corrected chi connectivity index (χ2v) is 7.59. The number of amides is 1. The molecule has 3 aromatic rings. The van der Waals surface area contributed by atoms with Crippen LogP contribution < -0.4 is 16.2 Å². The van der Waals surface area contributed by atoms with Crippen LogP contribution in [0.25, 0.3) is 10.9 Å². The minimum Gasteiger partial charge on any atom is -0.317 e. The molecule has 0 saturated carbocycles. The zero-order chi connectivity index (χ0) is 18.6. The Bertz CT molecular complexity index is 1010.